The van der Waals surface area contributed by atoms with E-state index in [1.807, 2.05) is 68.4 Å². The summed E-state index contributed by atoms with van der Waals surface area (Å²) in [6.45, 7) is 6.01. The molecule has 0 aliphatic heterocycles. The first-order valence-corrected chi connectivity index (χ1v) is 13.3. The third kappa shape index (κ3) is 6.91. The monoisotopic (exact) mass is 544 g/mol. The molecule has 0 aromatic heterocycles. The van der Waals surface area contributed by atoms with Gasteiger partial charge in [-0.3, -0.25) is 4.79 Å². The van der Waals surface area contributed by atoms with Gasteiger partial charge in [0.2, 0.25) is 15.9 Å². The summed E-state index contributed by atoms with van der Waals surface area (Å²) in [5.41, 5.74) is 2.47. The zero-order chi connectivity index (χ0) is 24.7. The summed E-state index contributed by atoms with van der Waals surface area (Å²) in [4.78, 5) is 13.3. The van der Waals surface area contributed by atoms with Crippen molar-refractivity contribution in [2.24, 2.45) is 0 Å². The molecule has 1 amide bonds. The van der Waals surface area contributed by atoms with Gasteiger partial charge >= 0.3 is 0 Å². The first kappa shape index (κ1) is 25.9. The van der Waals surface area contributed by atoms with Crippen molar-refractivity contribution < 1.29 is 17.9 Å². The smallest absolute Gasteiger partial charge is 0.241 e. The molecule has 2 atom stereocenters. The average molecular weight is 545 g/mol. The molecule has 0 bridgehead atoms. The van der Waals surface area contributed by atoms with Crippen LogP contribution in [0.2, 0.25) is 0 Å². The van der Waals surface area contributed by atoms with Crippen LogP contribution in [-0.2, 0) is 21.2 Å². The highest BCUT2D eigenvalue weighted by Crippen LogP contribution is 2.22. The lowest BCUT2D eigenvalue weighted by Gasteiger charge is -2.22. The molecule has 0 heterocycles. The van der Waals surface area contributed by atoms with Crippen LogP contribution in [0.3, 0.4) is 0 Å². The van der Waals surface area contributed by atoms with Crippen LogP contribution in [0.1, 0.15) is 36.6 Å². The highest BCUT2D eigenvalue weighted by Gasteiger charge is 2.27. The molecule has 0 fully saturated rings. The maximum atomic E-state index is 13.2. The van der Waals surface area contributed by atoms with Crippen LogP contribution in [0.25, 0.3) is 0 Å². The number of hydrogen-bond acceptors (Lipinski definition) is 4. The van der Waals surface area contributed by atoms with E-state index >= 15 is 0 Å². The maximum absolute atomic E-state index is 13.2. The molecule has 2 N–H and O–H groups in total. The Hall–Kier alpha value is -2.68. The fraction of sp³-hybridized carbons (Fsp3) is 0.269. The lowest BCUT2D eigenvalue weighted by molar-refractivity contribution is -0.123. The summed E-state index contributed by atoms with van der Waals surface area (Å²) in [5, 5.41) is 2.95. The van der Waals surface area contributed by atoms with E-state index in [-0.39, 0.29) is 17.4 Å². The molecule has 3 aromatic rings. The number of benzene rings is 3. The van der Waals surface area contributed by atoms with Crippen LogP contribution in [0.4, 0.5) is 0 Å². The van der Waals surface area contributed by atoms with Crippen molar-refractivity contribution in [1.82, 2.24) is 10.0 Å². The molecule has 0 aliphatic rings. The van der Waals surface area contributed by atoms with Crippen molar-refractivity contribution in [3.8, 4) is 5.75 Å². The van der Waals surface area contributed by atoms with Crippen LogP contribution in [0.15, 0.2) is 82.2 Å². The predicted molar refractivity (Wildman–Crippen MR) is 137 cm³/mol. The molecule has 0 radical (unpaired) electrons. The van der Waals surface area contributed by atoms with E-state index in [0.29, 0.717) is 17.9 Å². The summed E-state index contributed by atoms with van der Waals surface area (Å²) in [5.74, 6) is 0.230. The molecule has 180 valence electrons. The van der Waals surface area contributed by atoms with Crippen LogP contribution < -0.4 is 14.8 Å². The number of halogens is 1. The van der Waals surface area contributed by atoms with E-state index in [2.05, 4.69) is 26.0 Å². The molecule has 3 rings (SSSR count). The minimum absolute atomic E-state index is 0.0836. The fourth-order valence-corrected chi connectivity index (χ4v) is 5.09. The SMILES string of the molecule is CCOc1ccc(S(=O)(=O)N[C@@H](Cc2ccccc2)C(=O)N[C@@H](C)c2ccc(Br)cc2)cc1C. The highest BCUT2D eigenvalue weighted by atomic mass is 79.9. The number of rotatable bonds is 10. The second-order valence-corrected chi connectivity index (χ2v) is 10.6. The Morgan fingerprint density at radius 3 is 2.32 bits per heavy atom. The summed E-state index contributed by atoms with van der Waals surface area (Å²) < 4.78 is 35.5. The van der Waals surface area contributed by atoms with Crippen LogP contribution >= 0.6 is 15.9 Å². The number of hydrogen-bond donors (Lipinski definition) is 2. The average Bonchev–Trinajstić information content (AvgIpc) is 2.81. The molecular weight excluding hydrogens is 516 g/mol. The van der Waals surface area contributed by atoms with Gasteiger partial charge in [0.05, 0.1) is 17.5 Å². The van der Waals surface area contributed by atoms with Gasteiger partial charge in [0.25, 0.3) is 0 Å². The summed E-state index contributed by atoms with van der Waals surface area (Å²) in [6, 6.07) is 20.3. The highest BCUT2D eigenvalue weighted by molar-refractivity contribution is 9.10. The minimum Gasteiger partial charge on any atom is -0.494 e. The number of ether oxygens (including phenoxy) is 1. The predicted octanol–water partition coefficient (Wildman–Crippen LogP) is 4.92. The normalized spacial score (nSPS) is 13.2. The number of aryl methyl sites for hydroxylation is 1. The van der Waals surface area contributed by atoms with Gasteiger partial charge in [-0.25, -0.2) is 8.42 Å². The summed E-state index contributed by atoms with van der Waals surface area (Å²) in [7, 11) is -3.96. The van der Waals surface area contributed by atoms with Gasteiger partial charge in [-0.15, -0.1) is 0 Å². The van der Waals surface area contributed by atoms with Gasteiger partial charge in [0.1, 0.15) is 11.8 Å². The zero-order valence-electron chi connectivity index (χ0n) is 19.4. The second kappa shape index (κ2) is 11.6. The van der Waals surface area contributed by atoms with E-state index in [1.54, 1.807) is 19.1 Å². The molecular formula is C26H29BrN2O4S. The van der Waals surface area contributed by atoms with Gasteiger partial charge < -0.3 is 10.1 Å². The van der Waals surface area contributed by atoms with Crippen molar-refractivity contribution in [1.29, 1.82) is 0 Å². The largest absolute Gasteiger partial charge is 0.494 e. The van der Waals surface area contributed by atoms with Crippen molar-refractivity contribution in [3.05, 3.63) is 94.0 Å². The van der Waals surface area contributed by atoms with Crippen molar-refractivity contribution in [2.75, 3.05) is 6.61 Å². The fourth-order valence-electron chi connectivity index (χ4n) is 3.55. The molecule has 0 unspecified atom stereocenters. The number of sulfonamides is 1. The Kier molecular flexibility index (Phi) is 8.88. The Bertz CT molecular complexity index is 1220. The van der Waals surface area contributed by atoms with Gasteiger partial charge in [-0.1, -0.05) is 58.4 Å². The van der Waals surface area contributed by atoms with E-state index < -0.39 is 22.0 Å². The van der Waals surface area contributed by atoms with Gasteiger partial charge in [-0.2, -0.15) is 4.72 Å². The van der Waals surface area contributed by atoms with Crippen molar-refractivity contribution >= 4 is 31.9 Å². The Labute approximate surface area is 209 Å². The van der Waals surface area contributed by atoms with E-state index in [1.165, 1.54) is 6.07 Å². The third-order valence-corrected chi connectivity index (χ3v) is 7.38. The van der Waals surface area contributed by atoms with Crippen molar-refractivity contribution in [2.45, 2.75) is 44.2 Å². The Balaban J connectivity index is 1.84. The third-order valence-electron chi connectivity index (χ3n) is 5.38. The first-order valence-electron chi connectivity index (χ1n) is 11.0. The number of nitrogens with one attached hydrogen (secondary N) is 2. The molecule has 6 nitrogen and oxygen atoms in total. The van der Waals surface area contributed by atoms with Gasteiger partial charge in [0.15, 0.2) is 0 Å². The molecule has 0 saturated heterocycles. The standard InChI is InChI=1S/C26H29BrN2O4S/c1-4-33-25-15-14-23(16-18(25)2)34(31,32)29-24(17-20-8-6-5-7-9-20)26(30)28-19(3)21-10-12-22(27)13-11-21/h5-16,19,24,29H,4,17H2,1-3H3,(H,28,30)/t19-,24-/m0/s1. The second-order valence-electron chi connectivity index (χ2n) is 8.01. The molecule has 8 heteroatoms. The first-order chi connectivity index (χ1) is 16.2. The van der Waals surface area contributed by atoms with Gasteiger partial charge in [-0.05, 0) is 74.2 Å². The molecule has 34 heavy (non-hydrogen) atoms. The number of carbonyl (C=O) groups is 1. The molecule has 0 aliphatic carbocycles. The number of carbonyl (C=O) groups excluding carboxylic acids is 1. The van der Waals surface area contributed by atoms with Crippen molar-refractivity contribution in [3.63, 3.8) is 0 Å². The lowest BCUT2D eigenvalue weighted by Crippen LogP contribution is -2.48. The Morgan fingerprint density at radius 1 is 1.03 bits per heavy atom. The summed E-state index contributed by atoms with van der Waals surface area (Å²) in [6.07, 6.45) is 0.217. The van der Waals surface area contributed by atoms with Gasteiger partial charge in [0, 0.05) is 4.47 Å². The Morgan fingerprint density at radius 2 is 1.71 bits per heavy atom. The maximum Gasteiger partial charge on any atom is 0.241 e. The van der Waals surface area contributed by atoms with Crippen LogP contribution in [0.5, 0.6) is 5.75 Å². The van der Waals surface area contributed by atoms with E-state index in [9.17, 15) is 13.2 Å². The van der Waals surface area contributed by atoms with Crippen LogP contribution in [0, 0.1) is 6.92 Å². The molecule has 0 spiro atoms. The molecule has 0 saturated carbocycles. The topological polar surface area (TPSA) is 84.5 Å². The van der Waals surface area contributed by atoms with Crippen LogP contribution in [-0.4, -0.2) is 27.0 Å². The zero-order valence-corrected chi connectivity index (χ0v) is 21.8. The lowest BCUT2D eigenvalue weighted by atomic mass is 10.0. The van der Waals surface area contributed by atoms with E-state index in [4.69, 9.17) is 4.74 Å². The quantitative estimate of drug-likeness (QED) is 0.379. The molecule has 3 aromatic carbocycles. The number of amides is 1. The van der Waals surface area contributed by atoms with E-state index in [0.717, 1.165) is 15.6 Å². The summed E-state index contributed by atoms with van der Waals surface area (Å²) >= 11 is 3.41. The minimum atomic E-state index is -3.96.